The predicted octanol–water partition coefficient (Wildman–Crippen LogP) is 1.78. The first-order valence-electron chi connectivity index (χ1n) is 5.13. The van der Waals surface area contributed by atoms with E-state index in [1.54, 1.807) is 12.1 Å². The standard InChI is InChI=1S/C11H11ClN4O2/c1-17-10-14-9(12)15-11(16-10)18-8-4-2-3-7(5-8)6-13/h2-5H,6,13H2,1H3. The molecule has 0 bridgehead atoms. The zero-order valence-corrected chi connectivity index (χ0v) is 10.4. The predicted molar refractivity (Wildman–Crippen MR) is 65.8 cm³/mol. The van der Waals surface area contributed by atoms with Gasteiger partial charge in [0.25, 0.3) is 0 Å². The fraction of sp³-hybridized carbons (Fsp3) is 0.182. The molecule has 94 valence electrons. The van der Waals surface area contributed by atoms with E-state index in [1.807, 2.05) is 12.1 Å². The van der Waals surface area contributed by atoms with Crippen LogP contribution >= 0.6 is 11.6 Å². The van der Waals surface area contributed by atoms with Crippen LogP contribution in [0.2, 0.25) is 5.28 Å². The highest BCUT2D eigenvalue weighted by Crippen LogP contribution is 2.21. The molecule has 2 N–H and O–H groups in total. The summed E-state index contributed by atoms with van der Waals surface area (Å²) in [6.45, 7) is 0.429. The lowest BCUT2D eigenvalue weighted by Crippen LogP contribution is -2.00. The van der Waals surface area contributed by atoms with Gasteiger partial charge in [0.1, 0.15) is 5.75 Å². The molecular formula is C11H11ClN4O2. The van der Waals surface area contributed by atoms with E-state index in [-0.39, 0.29) is 17.3 Å². The Kier molecular flexibility index (Phi) is 3.91. The quantitative estimate of drug-likeness (QED) is 0.908. The largest absolute Gasteiger partial charge is 0.467 e. The number of benzene rings is 1. The number of hydrogen-bond acceptors (Lipinski definition) is 6. The summed E-state index contributed by atoms with van der Waals surface area (Å²) in [5, 5.41) is 0.00632. The van der Waals surface area contributed by atoms with Crippen molar-refractivity contribution in [3.63, 3.8) is 0 Å². The molecule has 1 aromatic heterocycles. The maximum atomic E-state index is 5.71. The molecular weight excluding hydrogens is 256 g/mol. The third-order valence-corrected chi connectivity index (χ3v) is 2.26. The van der Waals surface area contributed by atoms with Crippen LogP contribution in [0.4, 0.5) is 0 Å². The van der Waals surface area contributed by atoms with E-state index in [0.717, 1.165) is 5.56 Å². The van der Waals surface area contributed by atoms with Crippen LogP contribution < -0.4 is 15.2 Å². The molecule has 0 fully saturated rings. The normalized spacial score (nSPS) is 10.2. The molecule has 0 aliphatic carbocycles. The number of methoxy groups -OCH3 is 1. The van der Waals surface area contributed by atoms with Gasteiger partial charge in [-0.1, -0.05) is 12.1 Å². The van der Waals surface area contributed by atoms with Crippen LogP contribution in [0.3, 0.4) is 0 Å². The van der Waals surface area contributed by atoms with Crippen LogP contribution in [0.25, 0.3) is 0 Å². The molecule has 0 saturated heterocycles. The summed E-state index contributed by atoms with van der Waals surface area (Å²) in [5.41, 5.74) is 6.49. The SMILES string of the molecule is COc1nc(Cl)nc(Oc2cccc(CN)c2)n1. The first-order chi connectivity index (χ1) is 8.71. The molecule has 0 unspecified atom stereocenters. The van der Waals surface area contributed by atoms with Crippen LogP contribution in [0.1, 0.15) is 5.56 Å². The number of nitrogens with two attached hydrogens (primary N) is 1. The maximum Gasteiger partial charge on any atom is 0.329 e. The molecule has 7 heteroatoms. The Morgan fingerprint density at radius 3 is 2.72 bits per heavy atom. The Labute approximate surface area is 109 Å². The highest BCUT2D eigenvalue weighted by atomic mass is 35.5. The van der Waals surface area contributed by atoms with Gasteiger partial charge in [-0.05, 0) is 29.3 Å². The molecule has 18 heavy (non-hydrogen) atoms. The summed E-state index contributed by atoms with van der Waals surface area (Å²) >= 11 is 5.71. The number of nitrogens with zero attached hydrogens (tertiary/aromatic N) is 3. The molecule has 0 radical (unpaired) electrons. The van der Waals surface area contributed by atoms with E-state index in [1.165, 1.54) is 7.11 Å². The minimum absolute atomic E-state index is 0.00632. The second-order valence-corrected chi connectivity index (χ2v) is 3.67. The molecule has 1 aromatic carbocycles. The maximum absolute atomic E-state index is 5.71. The second kappa shape index (κ2) is 5.61. The van der Waals surface area contributed by atoms with Crippen molar-refractivity contribution in [3.05, 3.63) is 35.1 Å². The van der Waals surface area contributed by atoms with Crippen LogP contribution in [-0.2, 0) is 6.54 Å². The Balaban J connectivity index is 2.24. The summed E-state index contributed by atoms with van der Waals surface area (Å²) in [6.07, 6.45) is 0. The van der Waals surface area contributed by atoms with Gasteiger partial charge in [0.05, 0.1) is 7.11 Å². The Bertz CT molecular complexity index is 550. The van der Waals surface area contributed by atoms with E-state index in [0.29, 0.717) is 12.3 Å². The van der Waals surface area contributed by atoms with E-state index >= 15 is 0 Å². The van der Waals surface area contributed by atoms with Gasteiger partial charge in [-0.3, -0.25) is 0 Å². The monoisotopic (exact) mass is 266 g/mol. The number of hydrogen-bond donors (Lipinski definition) is 1. The Morgan fingerprint density at radius 1 is 1.22 bits per heavy atom. The fourth-order valence-corrected chi connectivity index (χ4v) is 1.44. The van der Waals surface area contributed by atoms with E-state index in [2.05, 4.69) is 15.0 Å². The number of ether oxygens (including phenoxy) is 2. The number of aromatic nitrogens is 3. The van der Waals surface area contributed by atoms with Gasteiger partial charge in [0, 0.05) is 6.54 Å². The smallest absolute Gasteiger partial charge is 0.329 e. The highest BCUT2D eigenvalue weighted by molar-refractivity contribution is 6.28. The van der Waals surface area contributed by atoms with Crippen molar-refractivity contribution in [2.75, 3.05) is 7.11 Å². The van der Waals surface area contributed by atoms with Crippen molar-refractivity contribution >= 4 is 11.6 Å². The number of halogens is 1. The molecule has 0 aliphatic rings. The lowest BCUT2D eigenvalue weighted by atomic mass is 10.2. The topological polar surface area (TPSA) is 83.2 Å². The van der Waals surface area contributed by atoms with Crippen LogP contribution in [0.15, 0.2) is 24.3 Å². The number of rotatable bonds is 4. The minimum Gasteiger partial charge on any atom is -0.467 e. The third-order valence-electron chi connectivity index (χ3n) is 2.09. The van der Waals surface area contributed by atoms with Crippen molar-refractivity contribution in [1.29, 1.82) is 0 Å². The summed E-state index contributed by atoms with van der Waals surface area (Å²) in [6, 6.07) is 7.46. The van der Waals surface area contributed by atoms with Crippen molar-refractivity contribution in [2.45, 2.75) is 6.54 Å². The Hall–Kier alpha value is -1.92. The summed E-state index contributed by atoms with van der Waals surface area (Å²) < 4.78 is 10.3. The van der Waals surface area contributed by atoms with Gasteiger partial charge in [-0.15, -0.1) is 4.98 Å². The van der Waals surface area contributed by atoms with Gasteiger partial charge in [0.2, 0.25) is 5.28 Å². The molecule has 0 aliphatic heterocycles. The average Bonchev–Trinajstić information content (AvgIpc) is 2.38. The van der Waals surface area contributed by atoms with Gasteiger partial charge >= 0.3 is 12.0 Å². The zero-order valence-electron chi connectivity index (χ0n) is 9.63. The lowest BCUT2D eigenvalue weighted by molar-refractivity contribution is 0.359. The van der Waals surface area contributed by atoms with Crippen LogP contribution in [0.5, 0.6) is 17.8 Å². The van der Waals surface area contributed by atoms with Gasteiger partial charge < -0.3 is 15.2 Å². The lowest BCUT2D eigenvalue weighted by Gasteiger charge is -2.06. The molecule has 0 atom stereocenters. The van der Waals surface area contributed by atoms with E-state index < -0.39 is 0 Å². The zero-order chi connectivity index (χ0) is 13.0. The van der Waals surface area contributed by atoms with E-state index in [4.69, 9.17) is 26.8 Å². The second-order valence-electron chi connectivity index (χ2n) is 3.33. The van der Waals surface area contributed by atoms with Gasteiger partial charge in [-0.25, -0.2) is 0 Å². The van der Waals surface area contributed by atoms with Crippen LogP contribution in [-0.4, -0.2) is 22.1 Å². The summed E-state index contributed by atoms with van der Waals surface area (Å²) in [5.74, 6) is 0.572. The van der Waals surface area contributed by atoms with Gasteiger partial charge in [0.15, 0.2) is 0 Å². The molecule has 2 rings (SSSR count). The molecule has 0 saturated carbocycles. The fourth-order valence-electron chi connectivity index (χ4n) is 1.29. The Morgan fingerprint density at radius 2 is 2.00 bits per heavy atom. The third kappa shape index (κ3) is 3.06. The first-order valence-corrected chi connectivity index (χ1v) is 5.51. The molecule has 2 aromatic rings. The van der Waals surface area contributed by atoms with Crippen molar-refractivity contribution < 1.29 is 9.47 Å². The van der Waals surface area contributed by atoms with Gasteiger partial charge in [-0.2, -0.15) is 9.97 Å². The van der Waals surface area contributed by atoms with Crippen molar-refractivity contribution in [3.8, 4) is 17.8 Å². The van der Waals surface area contributed by atoms with Crippen molar-refractivity contribution in [1.82, 2.24) is 15.0 Å². The molecule has 0 amide bonds. The van der Waals surface area contributed by atoms with E-state index in [9.17, 15) is 0 Å². The van der Waals surface area contributed by atoms with Crippen molar-refractivity contribution in [2.24, 2.45) is 5.73 Å². The molecule has 0 spiro atoms. The molecule has 6 nitrogen and oxygen atoms in total. The summed E-state index contributed by atoms with van der Waals surface area (Å²) in [4.78, 5) is 11.5. The minimum atomic E-state index is 0.00632. The first kappa shape index (κ1) is 12.5. The highest BCUT2D eigenvalue weighted by Gasteiger charge is 2.07. The van der Waals surface area contributed by atoms with Crippen LogP contribution in [0, 0.1) is 0 Å². The molecule has 1 heterocycles. The average molecular weight is 267 g/mol. The summed E-state index contributed by atoms with van der Waals surface area (Å²) in [7, 11) is 1.44.